The summed E-state index contributed by atoms with van der Waals surface area (Å²) >= 11 is 0. The molecule has 100 valence electrons. The number of piperidine rings is 1. The lowest BCUT2D eigenvalue weighted by Gasteiger charge is -2.32. The number of H-pyrrole nitrogens is 1. The van der Waals surface area contributed by atoms with E-state index in [0.717, 1.165) is 12.8 Å². The fourth-order valence-corrected chi connectivity index (χ4v) is 2.27. The Morgan fingerprint density at radius 3 is 2.56 bits per heavy atom. The molecule has 1 saturated heterocycles. The van der Waals surface area contributed by atoms with E-state index >= 15 is 0 Å². The van der Waals surface area contributed by atoms with Crippen molar-refractivity contribution in [2.75, 3.05) is 30.3 Å². The Morgan fingerprint density at radius 2 is 2.00 bits per heavy atom. The van der Waals surface area contributed by atoms with Crippen LogP contribution in [0.2, 0.25) is 0 Å². The van der Waals surface area contributed by atoms with Crippen LogP contribution in [0.3, 0.4) is 0 Å². The number of aliphatic hydroxyl groups is 1. The SMILES string of the molecule is Cn1c(N)c(N2CCC(CO)CC2)c(=O)[nH]c1=O. The number of nitrogen functional groups attached to an aromatic ring is 1. The predicted octanol–water partition coefficient (Wildman–Crippen LogP) is -1.14. The fourth-order valence-electron chi connectivity index (χ4n) is 2.27. The first-order chi connectivity index (χ1) is 8.54. The molecule has 0 spiro atoms. The van der Waals surface area contributed by atoms with Gasteiger partial charge in [-0.15, -0.1) is 0 Å². The van der Waals surface area contributed by atoms with Crippen molar-refractivity contribution >= 4 is 11.5 Å². The van der Waals surface area contributed by atoms with Crippen molar-refractivity contribution in [2.24, 2.45) is 13.0 Å². The zero-order valence-electron chi connectivity index (χ0n) is 10.3. The van der Waals surface area contributed by atoms with Gasteiger partial charge in [0.15, 0.2) is 0 Å². The summed E-state index contributed by atoms with van der Waals surface area (Å²) in [5.74, 6) is 0.472. The van der Waals surface area contributed by atoms with Gasteiger partial charge in [-0.25, -0.2) is 4.79 Å². The third-order valence-electron chi connectivity index (χ3n) is 3.53. The molecule has 1 fully saturated rings. The van der Waals surface area contributed by atoms with E-state index in [2.05, 4.69) is 4.98 Å². The van der Waals surface area contributed by atoms with Crippen molar-refractivity contribution < 1.29 is 5.11 Å². The van der Waals surface area contributed by atoms with Gasteiger partial charge in [-0.2, -0.15) is 0 Å². The molecule has 1 aromatic heterocycles. The highest BCUT2D eigenvalue weighted by molar-refractivity contribution is 5.62. The van der Waals surface area contributed by atoms with Crippen LogP contribution in [0.25, 0.3) is 0 Å². The Kier molecular flexibility index (Phi) is 3.42. The first-order valence-corrected chi connectivity index (χ1v) is 5.99. The summed E-state index contributed by atoms with van der Waals surface area (Å²) in [7, 11) is 1.53. The van der Waals surface area contributed by atoms with Gasteiger partial charge in [0.25, 0.3) is 5.56 Å². The van der Waals surface area contributed by atoms with Crippen LogP contribution in [0, 0.1) is 5.92 Å². The molecule has 1 aliphatic rings. The van der Waals surface area contributed by atoms with Crippen LogP contribution in [0.5, 0.6) is 0 Å². The van der Waals surface area contributed by atoms with Gasteiger partial charge in [0.1, 0.15) is 11.5 Å². The van der Waals surface area contributed by atoms with E-state index < -0.39 is 11.2 Å². The van der Waals surface area contributed by atoms with Crippen molar-refractivity contribution in [3.63, 3.8) is 0 Å². The van der Waals surface area contributed by atoms with Crippen molar-refractivity contribution in [3.8, 4) is 0 Å². The van der Waals surface area contributed by atoms with E-state index in [-0.39, 0.29) is 18.3 Å². The number of nitrogens with two attached hydrogens (primary N) is 1. The summed E-state index contributed by atoms with van der Waals surface area (Å²) in [6, 6.07) is 0. The first-order valence-electron chi connectivity index (χ1n) is 5.99. The first kappa shape index (κ1) is 12.7. The van der Waals surface area contributed by atoms with Crippen LogP contribution >= 0.6 is 0 Å². The van der Waals surface area contributed by atoms with E-state index in [1.54, 1.807) is 0 Å². The Hall–Kier alpha value is -1.76. The Bertz CT molecular complexity index is 540. The zero-order chi connectivity index (χ0) is 13.3. The molecule has 1 aliphatic heterocycles. The highest BCUT2D eigenvalue weighted by Crippen LogP contribution is 2.23. The maximum absolute atomic E-state index is 11.8. The Morgan fingerprint density at radius 1 is 1.39 bits per heavy atom. The normalized spacial score (nSPS) is 17.1. The molecular weight excluding hydrogens is 236 g/mol. The topological polar surface area (TPSA) is 104 Å². The summed E-state index contributed by atoms with van der Waals surface area (Å²) < 4.78 is 1.23. The molecule has 0 aliphatic carbocycles. The summed E-state index contributed by atoms with van der Waals surface area (Å²) in [6.07, 6.45) is 1.64. The van der Waals surface area contributed by atoms with Gasteiger partial charge in [-0.05, 0) is 18.8 Å². The minimum absolute atomic E-state index is 0.174. The largest absolute Gasteiger partial charge is 0.396 e. The van der Waals surface area contributed by atoms with Gasteiger partial charge in [-0.1, -0.05) is 0 Å². The van der Waals surface area contributed by atoms with E-state index in [9.17, 15) is 9.59 Å². The molecule has 0 bridgehead atoms. The molecule has 0 radical (unpaired) electrons. The van der Waals surface area contributed by atoms with Gasteiger partial charge in [-0.3, -0.25) is 14.3 Å². The Labute approximate surface area is 104 Å². The van der Waals surface area contributed by atoms with Crippen molar-refractivity contribution in [1.29, 1.82) is 0 Å². The molecule has 2 rings (SSSR count). The highest BCUT2D eigenvalue weighted by Gasteiger charge is 2.23. The maximum Gasteiger partial charge on any atom is 0.329 e. The lowest BCUT2D eigenvalue weighted by Crippen LogP contribution is -2.41. The van der Waals surface area contributed by atoms with Crippen LogP contribution in [0.1, 0.15) is 12.8 Å². The third kappa shape index (κ3) is 2.13. The van der Waals surface area contributed by atoms with Gasteiger partial charge in [0.2, 0.25) is 0 Å². The molecular formula is C11H18N4O3. The smallest absolute Gasteiger partial charge is 0.329 e. The molecule has 1 aromatic rings. The van der Waals surface area contributed by atoms with Gasteiger partial charge in [0, 0.05) is 26.7 Å². The second-order valence-corrected chi connectivity index (χ2v) is 4.67. The number of anilines is 2. The number of hydrogen-bond acceptors (Lipinski definition) is 5. The van der Waals surface area contributed by atoms with Gasteiger partial charge in [0.05, 0.1) is 0 Å². The average Bonchev–Trinajstić information content (AvgIpc) is 2.37. The summed E-state index contributed by atoms with van der Waals surface area (Å²) in [5.41, 5.74) is 5.24. The number of aromatic nitrogens is 2. The second-order valence-electron chi connectivity index (χ2n) is 4.67. The minimum atomic E-state index is -0.508. The quantitative estimate of drug-likeness (QED) is 0.619. The van der Waals surface area contributed by atoms with E-state index in [1.807, 2.05) is 4.90 Å². The monoisotopic (exact) mass is 254 g/mol. The molecule has 7 nitrogen and oxygen atoms in total. The van der Waals surface area contributed by atoms with Crippen LogP contribution < -0.4 is 21.9 Å². The van der Waals surface area contributed by atoms with Gasteiger partial charge >= 0.3 is 5.69 Å². The predicted molar refractivity (Wildman–Crippen MR) is 68.7 cm³/mol. The summed E-state index contributed by atoms with van der Waals surface area (Å²) in [5, 5.41) is 9.08. The van der Waals surface area contributed by atoms with Gasteiger partial charge < -0.3 is 15.7 Å². The number of rotatable bonds is 2. The standard InChI is InChI=1S/C11H18N4O3/c1-14-9(12)8(10(17)13-11(14)18)15-4-2-7(6-16)3-5-15/h7,16H,2-6,12H2,1H3,(H,13,17,18). The fraction of sp³-hybridized carbons (Fsp3) is 0.636. The lowest BCUT2D eigenvalue weighted by atomic mass is 9.97. The van der Waals surface area contributed by atoms with Crippen LogP contribution in [-0.2, 0) is 7.05 Å². The van der Waals surface area contributed by atoms with Crippen LogP contribution in [-0.4, -0.2) is 34.4 Å². The molecule has 18 heavy (non-hydrogen) atoms. The Balaban J connectivity index is 2.33. The molecule has 0 saturated carbocycles. The number of nitrogens with zero attached hydrogens (tertiary/aromatic N) is 2. The molecule has 2 heterocycles. The lowest BCUT2D eigenvalue weighted by molar-refractivity contribution is 0.203. The molecule has 0 unspecified atom stereocenters. The van der Waals surface area contributed by atoms with Crippen molar-refractivity contribution in [2.45, 2.75) is 12.8 Å². The van der Waals surface area contributed by atoms with Crippen LogP contribution in [0.15, 0.2) is 9.59 Å². The zero-order valence-corrected chi connectivity index (χ0v) is 10.3. The number of aromatic amines is 1. The van der Waals surface area contributed by atoms with Crippen molar-refractivity contribution in [1.82, 2.24) is 9.55 Å². The number of aliphatic hydroxyl groups excluding tert-OH is 1. The molecule has 0 amide bonds. The van der Waals surface area contributed by atoms with Crippen molar-refractivity contribution in [3.05, 3.63) is 20.8 Å². The molecule has 4 N–H and O–H groups in total. The molecule has 0 aromatic carbocycles. The van der Waals surface area contributed by atoms with E-state index in [0.29, 0.717) is 18.8 Å². The summed E-state index contributed by atoms with van der Waals surface area (Å²) in [4.78, 5) is 27.3. The molecule has 7 heteroatoms. The second kappa shape index (κ2) is 4.85. The third-order valence-corrected chi connectivity index (χ3v) is 3.53. The maximum atomic E-state index is 11.8. The highest BCUT2D eigenvalue weighted by atomic mass is 16.3. The van der Waals surface area contributed by atoms with Crippen LogP contribution in [0.4, 0.5) is 11.5 Å². The van der Waals surface area contributed by atoms with E-state index in [1.165, 1.54) is 11.6 Å². The average molecular weight is 254 g/mol. The number of nitrogens with one attached hydrogen (secondary N) is 1. The summed E-state index contributed by atoms with van der Waals surface area (Å²) in [6.45, 7) is 1.50. The molecule has 0 atom stereocenters. The number of hydrogen-bond donors (Lipinski definition) is 3. The van der Waals surface area contributed by atoms with E-state index in [4.69, 9.17) is 10.8 Å². The minimum Gasteiger partial charge on any atom is -0.396 e.